The van der Waals surface area contributed by atoms with E-state index in [2.05, 4.69) is 4.98 Å². The number of aromatic nitrogens is 2. The van der Waals surface area contributed by atoms with Gasteiger partial charge in [-0.05, 0) is 17.7 Å². The molecule has 102 valence electrons. The predicted molar refractivity (Wildman–Crippen MR) is 65.3 cm³/mol. The average Bonchev–Trinajstić information content (AvgIpc) is 2.74. The highest BCUT2D eigenvalue weighted by atomic mass is 19.4. The minimum atomic E-state index is -4.32. The van der Waals surface area contributed by atoms with Gasteiger partial charge in [0.1, 0.15) is 5.82 Å². The second kappa shape index (κ2) is 5.05. The Morgan fingerprint density at radius 1 is 1.26 bits per heavy atom. The van der Waals surface area contributed by atoms with E-state index in [1.165, 1.54) is 12.1 Å². The molecule has 1 aromatic heterocycles. The Balaban J connectivity index is 2.12. The number of aryl methyl sites for hydroxylation is 1. The largest absolute Gasteiger partial charge is 0.416 e. The van der Waals surface area contributed by atoms with Crippen molar-refractivity contribution in [1.82, 2.24) is 9.55 Å². The zero-order valence-electron chi connectivity index (χ0n) is 10.4. The molecule has 19 heavy (non-hydrogen) atoms. The normalized spacial score (nSPS) is 13.5. The lowest BCUT2D eigenvalue weighted by Gasteiger charge is -2.13. The summed E-state index contributed by atoms with van der Waals surface area (Å²) in [6, 6.07) is 4.55. The van der Waals surface area contributed by atoms with Crippen molar-refractivity contribution in [3.05, 3.63) is 53.6 Å². The van der Waals surface area contributed by atoms with Crippen molar-refractivity contribution in [1.29, 1.82) is 0 Å². The van der Waals surface area contributed by atoms with Gasteiger partial charge in [-0.15, -0.1) is 0 Å². The summed E-state index contributed by atoms with van der Waals surface area (Å²) in [4.78, 5) is 4.14. The fraction of sp³-hybridized carbons (Fsp3) is 0.308. The van der Waals surface area contributed by atoms with Crippen molar-refractivity contribution >= 4 is 0 Å². The standard InChI is InChI=1S/C13H14F3N3/c1-19-7-6-18-12(19)8-11(17)9-2-4-10(5-3-9)13(14,15)16/h2-7,11H,8,17H2,1H3. The van der Waals surface area contributed by atoms with Crippen molar-refractivity contribution in [3.8, 4) is 0 Å². The highest BCUT2D eigenvalue weighted by Gasteiger charge is 2.30. The van der Waals surface area contributed by atoms with Crippen molar-refractivity contribution in [3.63, 3.8) is 0 Å². The zero-order chi connectivity index (χ0) is 14.0. The maximum absolute atomic E-state index is 12.4. The van der Waals surface area contributed by atoms with E-state index in [1.54, 1.807) is 12.4 Å². The first-order valence-corrected chi connectivity index (χ1v) is 5.77. The third-order valence-corrected chi connectivity index (χ3v) is 2.99. The Bertz CT molecular complexity index is 543. The van der Waals surface area contributed by atoms with Crippen LogP contribution >= 0.6 is 0 Å². The quantitative estimate of drug-likeness (QED) is 0.931. The van der Waals surface area contributed by atoms with Gasteiger partial charge in [0.25, 0.3) is 0 Å². The van der Waals surface area contributed by atoms with E-state index >= 15 is 0 Å². The summed E-state index contributed by atoms with van der Waals surface area (Å²) in [6.45, 7) is 0. The fourth-order valence-corrected chi connectivity index (χ4v) is 1.83. The number of halogens is 3. The maximum Gasteiger partial charge on any atom is 0.416 e. The van der Waals surface area contributed by atoms with Gasteiger partial charge < -0.3 is 10.3 Å². The molecule has 0 bridgehead atoms. The molecular formula is C13H14F3N3. The molecule has 1 heterocycles. The molecule has 1 atom stereocenters. The van der Waals surface area contributed by atoms with Crippen LogP contribution in [0.3, 0.4) is 0 Å². The zero-order valence-corrected chi connectivity index (χ0v) is 10.4. The summed E-state index contributed by atoms with van der Waals surface area (Å²) in [5.41, 5.74) is 5.98. The van der Waals surface area contributed by atoms with E-state index in [0.29, 0.717) is 12.0 Å². The van der Waals surface area contributed by atoms with Crippen LogP contribution in [-0.2, 0) is 19.6 Å². The van der Waals surface area contributed by atoms with Gasteiger partial charge in [0.2, 0.25) is 0 Å². The molecule has 2 rings (SSSR count). The molecule has 0 saturated heterocycles. The monoisotopic (exact) mass is 269 g/mol. The first-order chi connectivity index (χ1) is 8.88. The van der Waals surface area contributed by atoms with Crippen LogP contribution in [0, 0.1) is 0 Å². The molecule has 2 N–H and O–H groups in total. The third-order valence-electron chi connectivity index (χ3n) is 2.99. The Labute approximate surface area is 108 Å². The molecule has 0 aliphatic carbocycles. The molecule has 0 aliphatic rings. The van der Waals surface area contributed by atoms with Crippen LogP contribution in [0.25, 0.3) is 0 Å². The van der Waals surface area contributed by atoms with Gasteiger partial charge in [-0.25, -0.2) is 4.98 Å². The lowest BCUT2D eigenvalue weighted by Crippen LogP contribution is -2.16. The van der Waals surface area contributed by atoms with Gasteiger partial charge >= 0.3 is 6.18 Å². The predicted octanol–water partition coefficient (Wildman–Crippen LogP) is 2.68. The Morgan fingerprint density at radius 2 is 1.89 bits per heavy atom. The number of benzene rings is 1. The topological polar surface area (TPSA) is 43.8 Å². The van der Waals surface area contributed by atoms with Crippen LogP contribution < -0.4 is 5.73 Å². The van der Waals surface area contributed by atoms with Crippen LogP contribution in [-0.4, -0.2) is 9.55 Å². The Morgan fingerprint density at radius 3 is 2.37 bits per heavy atom. The summed E-state index contributed by atoms with van der Waals surface area (Å²) >= 11 is 0. The van der Waals surface area contributed by atoms with Gasteiger partial charge in [-0.1, -0.05) is 12.1 Å². The molecule has 0 aliphatic heterocycles. The van der Waals surface area contributed by atoms with E-state index in [0.717, 1.165) is 18.0 Å². The highest BCUT2D eigenvalue weighted by molar-refractivity contribution is 5.27. The maximum atomic E-state index is 12.4. The molecule has 1 unspecified atom stereocenters. The summed E-state index contributed by atoms with van der Waals surface area (Å²) in [7, 11) is 1.85. The number of hydrogen-bond acceptors (Lipinski definition) is 2. The SMILES string of the molecule is Cn1ccnc1CC(N)c1ccc(C(F)(F)F)cc1. The average molecular weight is 269 g/mol. The minimum absolute atomic E-state index is 0.372. The molecule has 0 fully saturated rings. The van der Waals surface area contributed by atoms with Crippen LogP contribution in [0.15, 0.2) is 36.7 Å². The van der Waals surface area contributed by atoms with E-state index in [9.17, 15) is 13.2 Å². The Hall–Kier alpha value is -1.82. The van der Waals surface area contributed by atoms with Gasteiger partial charge in [0, 0.05) is 31.9 Å². The Kier molecular flexibility index (Phi) is 3.61. The first kappa shape index (κ1) is 13.6. The molecule has 0 saturated carbocycles. The van der Waals surface area contributed by atoms with Crippen molar-refractivity contribution in [2.45, 2.75) is 18.6 Å². The number of rotatable bonds is 3. The molecule has 6 heteroatoms. The number of imidazole rings is 1. The van der Waals surface area contributed by atoms with Crippen LogP contribution in [0.1, 0.15) is 23.0 Å². The molecule has 0 radical (unpaired) electrons. The highest BCUT2D eigenvalue weighted by Crippen LogP contribution is 2.29. The number of hydrogen-bond donors (Lipinski definition) is 1. The first-order valence-electron chi connectivity index (χ1n) is 5.77. The van der Waals surface area contributed by atoms with E-state index < -0.39 is 11.7 Å². The number of alkyl halides is 3. The van der Waals surface area contributed by atoms with Crippen molar-refractivity contribution in [2.75, 3.05) is 0 Å². The van der Waals surface area contributed by atoms with E-state index in [1.807, 2.05) is 11.6 Å². The van der Waals surface area contributed by atoms with Gasteiger partial charge in [0.05, 0.1) is 5.56 Å². The molecule has 0 amide bonds. The summed E-state index contributed by atoms with van der Waals surface area (Å²) in [5.74, 6) is 0.799. The van der Waals surface area contributed by atoms with Crippen LogP contribution in [0.2, 0.25) is 0 Å². The molecule has 2 aromatic rings. The van der Waals surface area contributed by atoms with E-state index in [4.69, 9.17) is 5.73 Å². The van der Waals surface area contributed by atoms with Crippen molar-refractivity contribution < 1.29 is 13.2 Å². The fourth-order valence-electron chi connectivity index (χ4n) is 1.83. The van der Waals surface area contributed by atoms with E-state index in [-0.39, 0.29) is 6.04 Å². The summed E-state index contributed by atoms with van der Waals surface area (Å²) in [5, 5.41) is 0. The van der Waals surface area contributed by atoms with Crippen LogP contribution in [0.4, 0.5) is 13.2 Å². The molecule has 0 spiro atoms. The third kappa shape index (κ3) is 3.14. The van der Waals surface area contributed by atoms with Crippen molar-refractivity contribution in [2.24, 2.45) is 12.8 Å². The molecular weight excluding hydrogens is 255 g/mol. The van der Waals surface area contributed by atoms with Gasteiger partial charge in [-0.3, -0.25) is 0 Å². The number of nitrogens with two attached hydrogens (primary N) is 1. The number of nitrogens with zero attached hydrogens (tertiary/aromatic N) is 2. The second-order valence-electron chi connectivity index (χ2n) is 4.38. The molecule has 3 nitrogen and oxygen atoms in total. The van der Waals surface area contributed by atoms with Gasteiger partial charge in [-0.2, -0.15) is 13.2 Å². The second-order valence-corrected chi connectivity index (χ2v) is 4.38. The van der Waals surface area contributed by atoms with Crippen LogP contribution in [0.5, 0.6) is 0 Å². The smallest absolute Gasteiger partial charge is 0.338 e. The summed E-state index contributed by atoms with van der Waals surface area (Å²) in [6.07, 6.45) is -0.374. The summed E-state index contributed by atoms with van der Waals surface area (Å²) < 4.78 is 39.1. The molecule has 1 aromatic carbocycles. The lowest BCUT2D eigenvalue weighted by molar-refractivity contribution is -0.137. The lowest BCUT2D eigenvalue weighted by atomic mass is 10.0. The van der Waals surface area contributed by atoms with Gasteiger partial charge in [0.15, 0.2) is 0 Å². The minimum Gasteiger partial charge on any atom is -0.338 e.